The molecular weight excluding hydrogens is 234 g/mol. The second kappa shape index (κ2) is 4.42. The largest absolute Gasteiger partial charge is 0.339 e. The molecule has 17 heavy (non-hydrogen) atoms. The van der Waals surface area contributed by atoms with E-state index < -0.39 is 0 Å². The molecule has 2 aliphatic heterocycles. The van der Waals surface area contributed by atoms with Gasteiger partial charge in [0.2, 0.25) is 5.95 Å². The number of nitrogens with one attached hydrogen (secondary N) is 1. The zero-order valence-corrected chi connectivity index (χ0v) is 11.0. The van der Waals surface area contributed by atoms with Gasteiger partial charge in [-0.2, -0.15) is 0 Å². The lowest BCUT2D eigenvalue weighted by molar-refractivity contribution is 0.260. The normalized spacial score (nSPS) is 25.9. The van der Waals surface area contributed by atoms with Gasteiger partial charge in [0.25, 0.3) is 0 Å². The van der Waals surface area contributed by atoms with Crippen LogP contribution < -0.4 is 4.90 Å². The molecule has 1 aromatic rings. The number of H-pyrrole nitrogens is 1. The van der Waals surface area contributed by atoms with E-state index in [1.165, 1.54) is 32.4 Å². The summed E-state index contributed by atoms with van der Waals surface area (Å²) in [6.07, 6.45) is 3.98. The van der Waals surface area contributed by atoms with Gasteiger partial charge >= 0.3 is 0 Å². The molecule has 0 bridgehead atoms. The van der Waals surface area contributed by atoms with Crippen molar-refractivity contribution >= 4 is 18.2 Å². The quantitative estimate of drug-likeness (QED) is 0.803. The summed E-state index contributed by atoms with van der Waals surface area (Å²) in [5.41, 5.74) is 0. The highest BCUT2D eigenvalue weighted by molar-refractivity contribution is 7.71. The van der Waals surface area contributed by atoms with Gasteiger partial charge in [-0.05, 0) is 44.6 Å². The molecule has 2 aliphatic rings. The molecule has 0 aliphatic carbocycles. The number of likely N-dealkylation sites (tertiary alicyclic amines) is 1. The lowest BCUT2D eigenvalue weighted by atomic mass is 10.2. The molecule has 6 heteroatoms. The minimum atomic E-state index is 0.699. The topological polar surface area (TPSA) is 40.1 Å². The Bertz CT molecular complexity index is 445. The van der Waals surface area contributed by atoms with Crippen LogP contribution in [0.5, 0.6) is 0 Å². The third-order valence-electron chi connectivity index (χ3n) is 3.96. The summed E-state index contributed by atoms with van der Waals surface area (Å²) in [5.74, 6) is 0.983. The summed E-state index contributed by atoms with van der Waals surface area (Å²) in [4.78, 5) is 4.97. The smallest absolute Gasteiger partial charge is 0.225 e. The van der Waals surface area contributed by atoms with E-state index >= 15 is 0 Å². The summed E-state index contributed by atoms with van der Waals surface area (Å²) in [6, 6.07) is 0.711. The lowest BCUT2D eigenvalue weighted by Gasteiger charge is -2.23. The molecule has 1 atom stereocenters. The van der Waals surface area contributed by atoms with Crippen LogP contribution in [-0.4, -0.2) is 51.9 Å². The number of rotatable bonds is 2. The highest BCUT2D eigenvalue weighted by Crippen LogP contribution is 2.23. The first-order chi connectivity index (χ1) is 8.25. The Labute approximate surface area is 106 Å². The van der Waals surface area contributed by atoms with E-state index in [0.717, 1.165) is 19.0 Å². The Balaban J connectivity index is 1.71. The number of hydrogen-bond donors (Lipinski definition) is 1. The number of nitrogens with zero attached hydrogens (tertiary/aromatic N) is 4. The summed E-state index contributed by atoms with van der Waals surface area (Å²) < 4.78 is 2.66. The Morgan fingerprint density at radius 2 is 2.06 bits per heavy atom. The first-order valence-electron chi connectivity index (χ1n) is 6.36. The van der Waals surface area contributed by atoms with E-state index in [1.807, 2.05) is 11.6 Å². The van der Waals surface area contributed by atoms with Crippen molar-refractivity contribution < 1.29 is 0 Å². The summed E-state index contributed by atoms with van der Waals surface area (Å²) >= 11 is 5.15. The minimum absolute atomic E-state index is 0.699. The van der Waals surface area contributed by atoms with Gasteiger partial charge in [0.05, 0.1) is 0 Å². The number of anilines is 1. The molecule has 2 saturated heterocycles. The molecular formula is C11H19N5S. The van der Waals surface area contributed by atoms with E-state index in [1.54, 1.807) is 0 Å². The molecule has 0 saturated carbocycles. The third kappa shape index (κ3) is 1.99. The van der Waals surface area contributed by atoms with Crippen LogP contribution in [0.4, 0.5) is 5.95 Å². The van der Waals surface area contributed by atoms with Gasteiger partial charge in [-0.1, -0.05) is 0 Å². The minimum Gasteiger partial charge on any atom is -0.339 e. The first-order valence-corrected chi connectivity index (χ1v) is 6.77. The van der Waals surface area contributed by atoms with Crippen LogP contribution in [-0.2, 0) is 7.05 Å². The Morgan fingerprint density at radius 3 is 2.71 bits per heavy atom. The van der Waals surface area contributed by atoms with E-state index in [-0.39, 0.29) is 0 Å². The fraction of sp³-hybridized carbons (Fsp3) is 0.818. The van der Waals surface area contributed by atoms with Crippen molar-refractivity contribution in [2.24, 2.45) is 7.05 Å². The molecule has 5 nitrogen and oxygen atoms in total. The average Bonchev–Trinajstić information content (AvgIpc) is 3.01. The lowest BCUT2D eigenvalue weighted by Crippen LogP contribution is -2.35. The maximum atomic E-state index is 5.15. The van der Waals surface area contributed by atoms with Crippen molar-refractivity contribution in [3.63, 3.8) is 0 Å². The Morgan fingerprint density at radius 1 is 1.29 bits per heavy atom. The Kier molecular flexibility index (Phi) is 2.92. The maximum Gasteiger partial charge on any atom is 0.225 e. The van der Waals surface area contributed by atoms with Crippen molar-refractivity contribution in [1.82, 2.24) is 19.7 Å². The van der Waals surface area contributed by atoms with Crippen molar-refractivity contribution in [3.8, 4) is 0 Å². The van der Waals surface area contributed by atoms with Crippen molar-refractivity contribution in [2.75, 3.05) is 31.1 Å². The van der Waals surface area contributed by atoms with Gasteiger partial charge in [0.1, 0.15) is 0 Å². The molecule has 3 rings (SSSR count). The molecule has 94 valence electrons. The van der Waals surface area contributed by atoms with Gasteiger partial charge in [0.15, 0.2) is 4.77 Å². The van der Waals surface area contributed by atoms with E-state index in [4.69, 9.17) is 12.2 Å². The molecule has 1 N–H and O–H groups in total. The molecule has 0 aromatic carbocycles. The van der Waals surface area contributed by atoms with E-state index in [2.05, 4.69) is 20.0 Å². The van der Waals surface area contributed by atoms with Gasteiger partial charge < -0.3 is 4.90 Å². The van der Waals surface area contributed by atoms with Crippen LogP contribution in [0.2, 0.25) is 0 Å². The summed E-state index contributed by atoms with van der Waals surface area (Å²) in [6.45, 7) is 4.73. The van der Waals surface area contributed by atoms with Crippen LogP contribution in [0.3, 0.4) is 0 Å². The van der Waals surface area contributed by atoms with Crippen LogP contribution in [0.15, 0.2) is 0 Å². The zero-order chi connectivity index (χ0) is 11.8. The van der Waals surface area contributed by atoms with Crippen molar-refractivity contribution in [3.05, 3.63) is 4.77 Å². The summed E-state index contributed by atoms with van der Waals surface area (Å²) in [5, 5.41) is 7.17. The number of aromatic nitrogens is 3. The first kappa shape index (κ1) is 11.2. The predicted molar refractivity (Wildman–Crippen MR) is 69.8 cm³/mol. The van der Waals surface area contributed by atoms with Crippen LogP contribution in [0.25, 0.3) is 0 Å². The Hall–Kier alpha value is -0.880. The van der Waals surface area contributed by atoms with Gasteiger partial charge in [0, 0.05) is 26.2 Å². The van der Waals surface area contributed by atoms with Crippen LogP contribution in [0, 0.1) is 4.77 Å². The SMILES string of the molecule is Cn1c(N2CCC(N3CCCC3)C2)n[nH]c1=S. The van der Waals surface area contributed by atoms with E-state index in [0.29, 0.717) is 10.8 Å². The molecule has 1 unspecified atom stereocenters. The fourth-order valence-corrected chi connectivity index (χ4v) is 3.08. The molecule has 0 amide bonds. The maximum absolute atomic E-state index is 5.15. The molecule has 2 fully saturated rings. The third-order valence-corrected chi connectivity index (χ3v) is 4.32. The van der Waals surface area contributed by atoms with Crippen LogP contribution in [0.1, 0.15) is 19.3 Å². The van der Waals surface area contributed by atoms with Crippen LogP contribution >= 0.6 is 12.2 Å². The van der Waals surface area contributed by atoms with Gasteiger partial charge in [-0.25, -0.2) is 5.10 Å². The monoisotopic (exact) mass is 253 g/mol. The highest BCUT2D eigenvalue weighted by atomic mass is 32.1. The highest BCUT2D eigenvalue weighted by Gasteiger charge is 2.30. The predicted octanol–water partition coefficient (Wildman–Crippen LogP) is 1.15. The second-order valence-electron chi connectivity index (χ2n) is 5.02. The molecule has 0 radical (unpaired) electrons. The second-order valence-corrected chi connectivity index (χ2v) is 5.41. The van der Waals surface area contributed by atoms with Gasteiger partial charge in [-0.3, -0.25) is 9.47 Å². The summed E-state index contributed by atoms with van der Waals surface area (Å²) in [7, 11) is 1.98. The number of aromatic amines is 1. The molecule has 1 aromatic heterocycles. The van der Waals surface area contributed by atoms with E-state index in [9.17, 15) is 0 Å². The number of hydrogen-bond acceptors (Lipinski definition) is 4. The fourth-order valence-electron chi connectivity index (χ4n) is 2.95. The molecule has 3 heterocycles. The van der Waals surface area contributed by atoms with Gasteiger partial charge in [-0.15, -0.1) is 5.10 Å². The standard InChI is InChI=1S/C11H19N5S/c1-14-10(12-13-11(14)17)16-7-4-9(8-16)15-5-2-3-6-15/h9H,2-8H2,1H3,(H,13,17). The van der Waals surface area contributed by atoms with Crippen molar-refractivity contribution in [2.45, 2.75) is 25.3 Å². The zero-order valence-electron chi connectivity index (χ0n) is 10.2. The molecule has 0 spiro atoms. The van der Waals surface area contributed by atoms with Crippen molar-refractivity contribution in [1.29, 1.82) is 0 Å². The average molecular weight is 253 g/mol.